The van der Waals surface area contributed by atoms with Gasteiger partial charge in [-0.05, 0) is 31.5 Å². The van der Waals surface area contributed by atoms with Crippen molar-refractivity contribution >= 4 is 28.2 Å². The van der Waals surface area contributed by atoms with Gasteiger partial charge in [-0.3, -0.25) is 4.79 Å². The summed E-state index contributed by atoms with van der Waals surface area (Å²) in [6, 6.07) is 12.9. The summed E-state index contributed by atoms with van der Waals surface area (Å²) in [5, 5.41) is 7.14. The Bertz CT molecular complexity index is 919. The fourth-order valence-corrected chi connectivity index (χ4v) is 3.70. The van der Waals surface area contributed by atoms with Gasteiger partial charge in [0.1, 0.15) is 17.1 Å². The number of nitrogens with two attached hydrogens (primary N) is 1. The second-order valence-corrected chi connectivity index (χ2v) is 7.12. The standard InChI is InChI=1S/C21H22N2O4S/c1-3-26-21(25)18-17(15-8-5-4-6-9-15)13-28-20(18)23-19(24)14(2)22-12-16-10-7-11-27-16/h4-11,13-14,22H,3,12H2,1-2H3,(H,23,24)/p+1/t14-/m0/s1. The number of hydrogen-bond donors (Lipinski definition) is 2. The number of nitrogens with one attached hydrogen (secondary N) is 1. The first-order valence-electron chi connectivity index (χ1n) is 9.10. The van der Waals surface area contributed by atoms with Gasteiger partial charge < -0.3 is 19.8 Å². The Hall–Kier alpha value is -2.90. The highest BCUT2D eigenvalue weighted by atomic mass is 32.1. The Morgan fingerprint density at radius 3 is 2.68 bits per heavy atom. The Kier molecular flexibility index (Phi) is 6.62. The average molecular weight is 399 g/mol. The Labute approximate surface area is 167 Å². The van der Waals surface area contributed by atoms with Crippen molar-refractivity contribution < 1.29 is 24.1 Å². The normalized spacial score (nSPS) is 11.8. The molecule has 2 aromatic heterocycles. The predicted octanol–water partition coefficient (Wildman–Crippen LogP) is 3.28. The van der Waals surface area contributed by atoms with Crippen molar-refractivity contribution in [1.82, 2.24) is 0 Å². The van der Waals surface area contributed by atoms with Crippen molar-refractivity contribution in [2.24, 2.45) is 0 Å². The molecule has 0 aliphatic rings. The van der Waals surface area contributed by atoms with E-state index >= 15 is 0 Å². The minimum atomic E-state index is -0.440. The van der Waals surface area contributed by atoms with Crippen LogP contribution in [0.4, 0.5) is 5.00 Å². The highest BCUT2D eigenvalue weighted by Gasteiger charge is 2.25. The van der Waals surface area contributed by atoms with Gasteiger partial charge in [0.05, 0.1) is 12.9 Å². The topological polar surface area (TPSA) is 85.1 Å². The molecule has 3 N–H and O–H groups in total. The van der Waals surface area contributed by atoms with E-state index in [1.54, 1.807) is 13.2 Å². The molecule has 0 aliphatic carbocycles. The van der Waals surface area contributed by atoms with E-state index in [4.69, 9.17) is 9.15 Å². The van der Waals surface area contributed by atoms with Gasteiger partial charge >= 0.3 is 5.97 Å². The molecule has 0 saturated carbocycles. The molecule has 2 heterocycles. The summed E-state index contributed by atoms with van der Waals surface area (Å²) >= 11 is 1.32. The second-order valence-electron chi connectivity index (χ2n) is 6.24. The number of quaternary nitrogens is 1. The molecule has 0 spiro atoms. The number of esters is 1. The summed E-state index contributed by atoms with van der Waals surface area (Å²) in [6.07, 6.45) is 1.61. The molecule has 3 aromatic rings. The summed E-state index contributed by atoms with van der Waals surface area (Å²) in [6.45, 7) is 4.40. The number of hydrogen-bond acceptors (Lipinski definition) is 5. The van der Waals surface area contributed by atoms with E-state index in [1.807, 2.05) is 60.1 Å². The molecule has 1 amide bonds. The molecule has 3 rings (SSSR count). The molecule has 28 heavy (non-hydrogen) atoms. The van der Waals surface area contributed by atoms with Gasteiger partial charge in [-0.1, -0.05) is 30.3 Å². The third-order valence-corrected chi connectivity index (χ3v) is 5.15. The monoisotopic (exact) mass is 399 g/mol. The Morgan fingerprint density at radius 2 is 2.00 bits per heavy atom. The molecule has 1 atom stereocenters. The Morgan fingerprint density at radius 1 is 1.21 bits per heavy atom. The maximum absolute atomic E-state index is 12.6. The number of carbonyl (C=O) groups is 2. The van der Waals surface area contributed by atoms with Crippen LogP contribution in [0.15, 0.2) is 58.5 Å². The minimum Gasteiger partial charge on any atom is -0.463 e. The lowest BCUT2D eigenvalue weighted by molar-refractivity contribution is -0.690. The highest BCUT2D eigenvalue weighted by Crippen LogP contribution is 2.36. The quantitative estimate of drug-likeness (QED) is 0.569. The van der Waals surface area contributed by atoms with E-state index in [9.17, 15) is 9.59 Å². The third kappa shape index (κ3) is 4.68. The van der Waals surface area contributed by atoms with Crippen LogP contribution < -0.4 is 10.6 Å². The van der Waals surface area contributed by atoms with Crippen LogP contribution in [0.25, 0.3) is 11.1 Å². The summed E-state index contributed by atoms with van der Waals surface area (Å²) in [4.78, 5) is 25.2. The molecule has 0 radical (unpaired) electrons. The molecule has 0 fully saturated rings. The number of furan rings is 1. The lowest BCUT2D eigenvalue weighted by Crippen LogP contribution is -2.90. The lowest BCUT2D eigenvalue weighted by Gasteiger charge is -2.12. The van der Waals surface area contributed by atoms with Crippen molar-refractivity contribution in [2.45, 2.75) is 26.4 Å². The second kappa shape index (κ2) is 9.34. The fraction of sp³-hybridized carbons (Fsp3) is 0.238. The van der Waals surface area contributed by atoms with Gasteiger partial charge in [0, 0.05) is 10.9 Å². The number of thiophene rings is 1. The van der Waals surface area contributed by atoms with Crippen LogP contribution in [0.5, 0.6) is 0 Å². The molecular formula is C21H23N2O4S+. The van der Waals surface area contributed by atoms with Crippen LogP contribution in [0, 0.1) is 0 Å². The van der Waals surface area contributed by atoms with Gasteiger partial charge in [0.25, 0.3) is 5.91 Å². The van der Waals surface area contributed by atoms with Crippen molar-refractivity contribution in [3.8, 4) is 11.1 Å². The molecule has 7 heteroatoms. The maximum atomic E-state index is 12.6. The zero-order chi connectivity index (χ0) is 19.9. The van der Waals surface area contributed by atoms with Gasteiger partial charge in [-0.15, -0.1) is 11.3 Å². The van der Waals surface area contributed by atoms with Crippen LogP contribution >= 0.6 is 11.3 Å². The lowest BCUT2D eigenvalue weighted by atomic mass is 10.0. The van der Waals surface area contributed by atoms with Crippen LogP contribution in [0.1, 0.15) is 30.0 Å². The van der Waals surface area contributed by atoms with E-state index in [1.165, 1.54) is 11.3 Å². The summed E-state index contributed by atoms with van der Waals surface area (Å²) < 4.78 is 10.5. The van der Waals surface area contributed by atoms with E-state index < -0.39 is 5.97 Å². The number of carbonyl (C=O) groups excluding carboxylic acids is 2. The van der Waals surface area contributed by atoms with Crippen molar-refractivity contribution in [3.05, 3.63) is 65.4 Å². The van der Waals surface area contributed by atoms with E-state index in [0.29, 0.717) is 17.1 Å². The zero-order valence-electron chi connectivity index (χ0n) is 15.8. The largest absolute Gasteiger partial charge is 0.463 e. The van der Waals surface area contributed by atoms with Crippen LogP contribution in [-0.4, -0.2) is 24.5 Å². The summed E-state index contributed by atoms with van der Waals surface area (Å²) in [5.41, 5.74) is 2.05. The molecular weight excluding hydrogens is 376 g/mol. The molecule has 6 nitrogen and oxygen atoms in total. The minimum absolute atomic E-state index is 0.182. The van der Waals surface area contributed by atoms with Crippen LogP contribution in [0.3, 0.4) is 0 Å². The number of rotatable bonds is 8. The zero-order valence-corrected chi connectivity index (χ0v) is 16.6. The molecule has 146 valence electrons. The third-order valence-electron chi connectivity index (χ3n) is 4.26. The first-order valence-corrected chi connectivity index (χ1v) is 9.98. The average Bonchev–Trinajstić information content (AvgIpc) is 3.37. The van der Waals surface area contributed by atoms with E-state index in [0.717, 1.165) is 16.9 Å². The van der Waals surface area contributed by atoms with Gasteiger partial charge in [-0.2, -0.15) is 0 Å². The first kappa shape index (κ1) is 19.9. The first-order chi connectivity index (χ1) is 13.6. The van der Waals surface area contributed by atoms with Gasteiger partial charge in [0.15, 0.2) is 11.8 Å². The molecule has 1 aromatic carbocycles. The van der Waals surface area contributed by atoms with Crippen molar-refractivity contribution in [3.63, 3.8) is 0 Å². The van der Waals surface area contributed by atoms with Crippen molar-refractivity contribution in [2.75, 3.05) is 11.9 Å². The molecule has 0 unspecified atom stereocenters. The van der Waals surface area contributed by atoms with Crippen LogP contribution in [-0.2, 0) is 16.1 Å². The highest BCUT2D eigenvalue weighted by molar-refractivity contribution is 7.15. The smallest absolute Gasteiger partial charge is 0.341 e. The van der Waals surface area contributed by atoms with Crippen LogP contribution in [0.2, 0.25) is 0 Å². The molecule has 0 bridgehead atoms. The number of amides is 1. The summed E-state index contributed by atoms with van der Waals surface area (Å²) in [7, 11) is 0. The SMILES string of the molecule is CCOC(=O)c1c(-c2ccccc2)csc1NC(=O)[C@H](C)[NH2+]Cc1ccco1. The molecule has 0 saturated heterocycles. The van der Waals surface area contributed by atoms with Gasteiger partial charge in [0.2, 0.25) is 0 Å². The number of benzene rings is 1. The Balaban J connectivity index is 1.78. The molecule has 0 aliphatic heterocycles. The summed E-state index contributed by atoms with van der Waals surface area (Å²) in [5.74, 6) is 0.179. The van der Waals surface area contributed by atoms with E-state index in [2.05, 4.69) is 5.32 Å². The predicted molar refractivity (Wildman–Crippen MR) is 108 cm³/mol. The van der Waals surface area contributed by atoms with Gasteiger partial charge in [-0.25, -0.2) is 4.79 Å². The number of anilines is 1. The van der Waals surface area contributed by atoms with E-state index in [-0.39, 0.29) is 18.6 Å². The maximum Gasteiger partial charge on any atom is 0.341 e. The fourth-order valence-electron chi connectivity index (χ4n) is 2.74. The van der Waals surface area contributed by atoms with Crippen molar-refractivity contribution in [1.29, 1.82) is 0 Å². The number of ether oxygens (including phenoxy) is 1.